The van der Waals surface area contributed by atoms with Gasteiger partial charge in [0.25, 0.3) is 0 Å². The van der Waals surface area contributed by atoms with Gasteiger partial charge in [-0.2, -0.15) is 13.2 Å². The van der Waals surface area contributed by atoms with Crippen LogP contribution >= 0.6 is 11.6 Å². The molecule has 0 saturated carbocycles. The van der Waals surface area contributed by atoms with Crippen LogP contribution in [0.3, 0.4) is 0 Å². The molecule has 0 spiro atoms. The van der Waals surface area contributed by atoms with Gasteiger partial charge in [0.1, 0.15) is 5.02 Å². The number of halogens is 4. The zero-order valence-corrected chi connectivity index (χ0v) is 15.3. The third kappa shape index (κ3) is 4.40. The average Bonchev–Trinajstić information content (AvgIpc) is 2.67. The molecule has 0 fully saturated rings. The molecule has 0 unspecified atom stereocenters. The van der Waals surface area contributed by atoms with E-state index in [0.29, 0.717) is 16.8 Å². The van der Waals surface area contributed by atoms with Crippen molar-refractivity contribution < 1.29 is 18.0 Å². The molecule has 2 N–H and O–H groups in total. The fraction of sp³-hybridized carbons (Fsp3) is 0.105. The highest BCUT2D eigenvalue weighted by molar-refractivity contribution is 6.35. The lowest BCUT2D eigenvalue weighted by Crippen LogP contribution is -2.27. The van der Waals surface area contributed by atoms with E-state index in [1.165, 1.54) is 19.1 Å². The van der Waals surface area contributed by atoms with E-state index in [1.54, 1.807) is 24.3 Å². The lowest BCUT2D eigenvalue weighted by atomic mass is 10.1. The minimum atomic E-state index is -4.44. The van der Waals surface area contributed by atoms with E-state index in [-0.39, 0.29) is 22.6 Å². The van der Waals surface area contributed by atoms with Crippen LogP contribution in [0.2, 0.25) is 5.02 Å². The molecule has 0 aliphatic rings. The summed E-state index contributed by atoms with van der Waals surface area (Å²) in [6.45, 7) is 1.30. The van der Waals surface area contributed by atoms with Gasteiger partial charge in [-0.25, -0.2) is 9.97 Å². The van der Waals surface area contributed by atoms with E-state index in [4.69, 9.17) is 11.6 Å². The summed E-state index contributed by atoms with van der Waals surface area (Å²) >= 11 is 6.38. The predicted molar refractivity (Wildman–Crippen MR) is 100 cm³/mol. The zero-order valence-electron chi connectivity index (χ0n) is 14.5. The number of hydrogen-bond acceptors (Lipinski definition) is 4. The number of alkyl halides is 3. The van der Waals surface area contributed by atoms with Crippen LogP contribution in [-0.4, -0.2) is 15.9 Å². The molecule has 5 nitrogen and oxygen atoms in total. The molecule has 3 aromatic rings. The van der Waals surface area contributed by atoms with Crippen LogP contribution in [0, 0.1) is 0 Å². The highest BCUT2D eigenvalue weighted by Crippen LogP contribution is 2.34. The van der Waals surface area contributed by atoms with Gasteiger partial charge >= 0.3 is 6.18 Å². The maximum atomic E-state index is 12.8. The molecule has 0 atom stereocenters. The van der Waals surface area contributed by atoms with Crippen LogP contribution in [0.4, 0.5) is 19.0 Å². The largest absolute Gasteiger partial charge is 0.416 e. The molecule has 3 rings (SSSR count). The predicted octanol–water partition coefficient (Wildman–Crippen LogP) is 4.95. The number of carbonyl (C=O) groups excluding carboxylic acids is 1. The maximum absolute atomic E-state index is 12.8. The summed E-state index contributed by atoms with van der Waals surface area (Å²) in [4.78, 5) is 19.9. The van der Waals surface area contributed by atoms with E-state index in [9.17, 15) is 18.0 Å². The average molecular weight is 407 g/mol. The quantitative estimate of drug-likeness (QED) is 0.602. The Labute approximate surface area is 163 Å². The van der Waals surface area contributed by atoms with E-state index < -0.39 is 11.7 Å². The molecule has 0 aliphatic carbocycles. The lowest BCUT2D eigenvalue weighted by molar-refractivity contribution is -0.137. The molecule has 9 heteroatoms. The standard InChI is InChI=1S/C19H14ClF3N4O/c1-11(28)26-27-18-15(20)16(12-5-3-2-4-6-12)24-17(25-18)13-7-9-14(10-8-13)19(21,22)23/h2-10H,1H3,(H,26,28)(H,24,25,27). The highest BCUT2D eigenvalue weighted by Gasteiger charge is 2.30. The first kappa shape index (κ1) is 19.6. The molecular formula is C19H14ClF3N4O. The van der Waals surface area contributed by atoms with Crippen LogP contribution in [0.15, 0.2) is 54.6 Å². The molecule has 0 radical (unpaired) electrons. The first-order chi connectivity index (χ1) is 13.3. The SMILES string of the molecule is CC(=O)NNc1nc(-c2ccc(C(F)(F)F)cc2)nc(-c2ccccc2)c1Cl. The summed E-state index contributed by atoms with van der Waals surface area (Å²) in [6.07, 6.45) is -4.44. The van der Waals surface area contributed by atoms with E-state index in [0.717, 1.165) is 12.1 Å². The number of benzene rings is 2. The molecule has 144 valence electrons. The minimum Gasteiger partial charge on any atom is -0.281 e. The summed E-state index contributed by atoms with van der Waals surface area (Å²) < 4.78 is 38.4. The van der Waals surface area contributed by atoms with Crippen molar-refractivity contribution in [1.29, 1.82) is 0 Å². The van der Waals surface area contributed by atoms with Crippen molar-refractivity contribution in [3.63, 3.8) is 0 Å². The number of hydrazine groups is 1. The molecule has 1 heterocycles. The second-order valence-corrected chi connectivity index (χ2v) is 6.18. The Kier molecular flexibility index (Phi) is 5.51. The number of rotatable bonds is 4. The molecule has 28 heavy (non-hydrogen) atoms. The van der Waals surface area contributed by atoms with Gasteiger partial charge in [-0.3, -0.25) is 15.6 Å². The van der Waals surface area contributed by atoms with Crippen molar-refractivity contribution in [2.45, 2.75) is 13.1 Å². The monoisotopic (exact) mass is 406 g/mol. The third-order valence-electron chi connectivity index (χ3n) is 3.73. The van der Waals surface area contributed by atoms with Gasteiger partial charge in [-0.1, -0.05) is 54.1 Å². The lowest BCUT2D eigenvalue weighted by Gasteiger charge is -2.14. The number of nitrogens with one attached hydrogen (secondary N) is 2. The molecular weight excluding hydrogens is 393 g/mol. The number of nitrogens with zero attached hydrogens (tertiary/aromatic N) is 2. The topological polar surface area (TPSA) is 66.9 Å². The van der Waals surface area contributed by atoms with Gasteiger partial charge in [-0.15, -0.1) is 0 Å². The van der Waals surface area contributed by atoms with Crippen LogP contribution < -0.4 is 10.9 Å². The van der Waals surface area contributed by atoms with Crippen LogP contribution in [0.25, 0.3) is 22.6 Å². The Balaban J connectivity index is 2.10. The van der Waals surface area contributed by atoms with Gasteiger partial charge < -0.3 is 0 Å². The van der Waals surface area contributed by atoms with Gasteiger partial charge in [0.05, 0.1) is 11.3 Å². The van der Waals surface area contributed by atoms with E-state index in [2.05, 4.69) is 20.8 Å². The second kappa shape index (κ2) is 7.85. The van der Waals surface area contributed by atoms with E-state index >= 15 is 0 Å². The Morgan fingerprint density at radius 1 is 0.964 bits per heavy atom. The van der Waals surface area contributed by atoms with Crippen molar-refractivity contribution in [2.24, 2.45) is 0 Å². The van der Waals surface area contributed by atoms with E-state index in [1.807, 2.05) is 6.07 Å². The van der Waals surface area contributed by atoms with Gasteiger partial charge in [0.2, 0.25) is 5.91 Å². The Morgan fingerprint density at radius 2 is 1.61 bits per heavy atom. The number of hydrogen-bond donors (Lipinski definition) is 2. The Bertz CT molecular complexity index is 993. The molecule has 0 bridgehead atoms. The minimum absolute atomic E-state index is 0.126. The summed E-state index contributed by atoms with van der Waals surface area (Å²) in [6, 6.07) is 13.5. The number of amides is 1. The summed E-state index contributed by atoms with van der Waals surface area (Å²) in [5.74, 6) is -0.0857. The highest BCUT2D eigenvalue weighted by atomic mass is 35.5. The van der Waals surface area contributed by atoms with Gasteiger partial charge in [0.15, 0.2) is 11.6 Å². The van der Waals surface area contributed by atoms with Crippen molar-refractivity contribution in [1.82, 2.24) is 15.4 Å². The Morgan fingerprint density at radius 3 is 2.18 bits per heavy atom. The van der Waals surface area contributed by atoms with Crippen molar-refractivity contribution in [2.75, 3.05) is 5.43 Å². The zero-order chi connectivity index (χ0) is 20.3. The molecule has 1 amide bonds. The van der Waals surface area contributed by atoms with Crippen LogP contribution in [0.5, 0.6) is 0 Å². The van der Waals surface area contributed by atoms with Crippen molar-refractivity contribution in [3.8, 4) is 22.6 Å². The van der Waals surface area contributed by atoms with Crippen LogP contribution in [0.1, 0.15) is 12.5 Å². The summed E-state index contributed by atoms with van der Waals surface area (Å²) in [5, 5.41) is 0.163. The molecule has 0 aliphatic heterocycles. The first-order valence-corrected chi connectivity index (χ1v) is 8.46. The Hall–Kier alpha value is -3.13. The molecule has 2 aromatic carbocycles. The molecule has 1 aromatic heterocycles. The number of carbonyl (C=O) groups is 1. The summed E-state index contributed by atoms with van der Waals surface area (Å²) in [7, 11) is 0. The third-order valence-corrected chi connectivity index (χ3v) is 4.08. The summed E-state index contributed by atoms with van der Waals surface area (Å²) in [5.41, 5.74) is 5.64. The molecule has 0 saturated heterocycles. The van der Waals surface area contributed by atoms with Gasteiger partial charge in [-0.05, 0) is 12.1 Å². The normalized spacial score (nSPS) is 11.2. The first-order valence-electron chi connectivity index (χ1n) is 8.09. The number of anilines is 1. The maximum Gasteiger partial charge on any atom is 0.416 e. The fourth-order valence-corrected chi connectivity index (χ4v) is 2.64. The van der Waals surface area contributed by atoms with Gasteiger partial charge in [0, 0.05) is 18.1 Å². The van der Waals surface area contributed by atoms with Crippen LogP contribution in [-0.2, 0) is 11.0 Å². The van der Waals surface area contributed by atoms with Crippen molar-refractivity contribution >= 4 is 23.3 Å². The fourth-order valence-electron chi connectivity index (χ4n) is 2.40. The number of aromatic nitrogens is 2. The smallest absolute Gasteiger partial charge is 0.281 e. The van der Waals surface area contributed by atoms with Crippen molar-refractivity contribution in [3.05, 3.63) is 65.2 Å². The second-order valence-electron chi connectivity index (χ2n) is 5.81.